The first-order valence-corrected chi connectivity index (χ1v) is 7.91. The number of benzene rings is 1. The smallest absolute Gasteiger partial charge is 0.0834 e. The molecular weight excluding hydrogens is 246 g/mol. The molecule has 1 fully saturated rings. The van der Waals surface area contributed by atoms with Crippen LogP contribution in [0, 0.1) is 5.92 Å². The van der Waals surface area contributed by atoms with Crippen molar-refractivity contribution >= 4 is 0 Å². The van der Waals surface area contributed by atoms with E-state index in [-0.39, 0.29) is 0 Å². The van der Waals surface area contributed by atoms with Gasteiger partial charge in [-0.1, -0.05) is 50.1 Å². The van der Waals surface area contributed by atoms with Gasteiger partial charge >= 0.3 is 0 Å². The zero-order valence-electron chi connectivity index (χ0n) is 13.5. The Morgan fingerprint density at radius 3 is 2.45 bits per heavy atom. The average molecular weight is 276 g/mol. The molecule has 112 valence electrons. The molecule has 0 spiro atoms. The Bertz CT molecular complexity index is 423. The maximum atomic E-state index is 11.4. The molecule has 3 atom stereocenters. The van der Waals surface area contributed by atoms with Crippen molar-refractivity contribution in [3.8, 4) is 0 Å². The molecule has 1 aliphatic rings. The van der Waals surface area contributed by atoms with Crippen LogP contribution in [0.5, 0.6) is 0 Å². The fourth-order valence-electron chi connectivity index (χ4n) is 3.89. The monoisotopic (exact) mass is 276 g/mol. The molecule has 0 amide bonds. The molecular formula is C18H30NO+. The SMILES string of the molecule is CC(C[N+](C)(C)C)C1(O)CCCCC1c1ccccc1. The lowest BCUT2D eigenvalue weighted by Gasteiger charge is -2.46. The maximum absolute atomic E-state index is 11.4. The van der Waals surface area contributed by atoms with Crippen LogP contribution in [-0.2, 0) is 0 Å². The standard InChI is InChI=1S/C18H30NO/c1-15(14-19(2,3)4)18(20)13-9-8-12-17(18)16-10-6-5-7-11-16/h5-7,10-11,15,17,20H,8-9,12-14H2,1-4H3/q+1. The van der Waals surface area contributed by atoms with Crippen molar-refractivity contribution in [2.24, 2.45) is 5.92 Å². The highest BCUT2D eigenvalue weighted by molar-refractivity contribution is 5.24. The van der Waals surface area contributed by atoms with Crippen molar-refractivity contribution in [2.75, 3.05) is 27.7 Å². The zero-order chi connectivity index (χ0) is 14.8. The van der Waals surface area contributed by atoms with Gasteiger partial charge in [0.15, 0.2) is 0 Å². The summed E-state index contributed by atoms with van der Waals surface area (Å²) in [6.45, 7) is 3.24. The van der Waals surface area contributed by atoms with Crippen molar-refractivity contribution in [1.82, 2.24) is 0 Å². The number of aliphatic hydroxyl groups is 1. The van der Waals surface area contributed by atoms with Crippen LogP contribution in [0.3, 0.4) is 0 Å². The Morgan fingerprint density at radius 2 is 1.85 bits per heavy atom. The molecule has 0 aliphatic heterocycles. The second-order valence-electron chi connectivity index (χ2n) is 7.57. The van der Waals surface area contributed by atoms with Gasteiger partial charge < -0.3 is 9.59 Å². The molecule has 1 aromatic rings. The molecule has 0 heterocycles. The minimum atomic E-state index is -0.550. The number of hydrogen-bond acceptors (Lipinski definition) is 1. The lowest BCUT2D eigenvalue weighted by atomic mass is 9.66. The summed E-state index contributed by atoms with van der Waals surface area (Å²) in [6, 6.07) is 10.6. The quantitative estimate of drug-likeness (QED) is 0.836. The Kier molecular flexibility index (Phi) is 4.55. The third-order valence-electron chi connectivity index (χ3n) is 4.80. The van der Waals surface area contributed by atoms with E-state index in [9.17, 15) is 5.11 Å². The minimum absolute atomic E-state index is 0.291. The van der Waals surface area contributed by atoms with Crippen molar-refractivity contribution in [3.63, 3.8) is 0 Å². The fraction of sp³-hybridized carbons (Fsp3) is 0.667. The van der Waals surface area contributed by atoms with E-state index in [0.29, 0.717) is 11.8 Å². The highest BCUT2D eigenvalue weighted by Gasteiger charge is 2.45. The van der Waals surface area contributed by atoms with E-state index in [1.165, 1.54) is 12.0 Å². The van der Waals surface area contributed by atoms with Crippen LogP contribution in [0.4, 0.5) is 0 Å². The van der Waals surface area contributed by atoms with Crippen molar-refractivity contribution < 1.29 is 9.59 Å². The van der Waals surface area contributed by atoms with E-state index < -0.39 is 5.60 Å². The fourth-order valence-corrected chi connectivity index (χ4v) is 3.89. The third kappa shape index (κ3) is 3.42. The van der Waals surface area contributed by atoms with E-state index in [0.717, 1.165) is 30.3 Å². The summed E-state index contributed by atoms with van der Waals surface area (Å²) in [5, 5.41) is 11.4. The maximum Gasteiger partial charge on any atom is 0.0834 e. The van der Waals surface area contributed by atoms with Gasteiger partial charge in [0.25, 0.3) is 0 Å². The highest BCUT2D eigenvalue weighted by Crippen LogP contribution is 2.45. The van der Waals surface area contributed by atoms with Gasteiger partial charge in [-0.25, -0.2) is 0 Å². The molecule has 2 nitrogen and oxygen atoms in total. The van der Waals surface area contributed by atoms with Crippen LogP contribution >= 0.6 is 0 Å². The first-order chi connectivity index (χ1) is 9.33. The van der Waals surface area contributed by atoms with Gasteiger partial charge in [0.05, 0.1) is 33.3 Å². The van der Waals surface area contributed by atoms with Gasteiger partial charge in [0.1, 0.15) is 0 Å². The number of nitrogens with zero attached hydrogens (tertiary/aromatic N) is 1. The molecule has 20 heavy (non-hydrogen) atoms. The summed E-state index contributed by atoms with van der Waals surface area (Å²) < 4.78 is 0.908. The average Bonchev–Trinajstić information content (AvgIpc) is 2.38. The predicted octanol–water partition coefficient (Wildman–Crippen LogP) is 3.42. The zero-order valence-corrected chi connectivity index (χ0v) is 13.5. The van der Waals surface area contributed by atoms with Crippen LogP contribution < -0.4 is 0 Å². The summed E-state index contributed by atoms with van der Waals surface area (Å²) in [6.07, 6.45) is 4.44. The molecule has 0 aromatic heterocycles. The number of quaternary nitrogens is 1. The van der Waals surface area contributed by atoms with Gasteiger partial charge in [-0.15, -0.1) is 0 Å². The molecule has 0 saturated heterocycles. The topological polar surface area (TPSA) is 20.2 Å². The Balaban J connectivity index is 2.25. The van der Waals surface area contributed by atoms with Gasteiger partial charge in [-0.05, 0) is 18.4 Å². The van der Waals surface area contributed by atoms with E-state index in [1.807, 2.05) is 0 Å². The van der Waals surface area contributed by atoms with Gasteiger partial charge in [0, 0.05) is 11.8 Å². The summed E-state index contributed by atoms with van der Waals surface area (Å²) in [7, 11) is 6.63. The molecule has 2 rings (SSSR count). The minimum Gasteiger partial charge on any atom is -0.389 e. The van der Waals surface area contributed by atoms with Gasteiger partial charge in [-0.2, -0.15) is 0 Å². The van der Waals surface area contributed by atoms with E-state index in [1.54, 1.807) is 0 Å². The molecule has 1 aliphatic carbocycles. The second kappa shape index (κ2) is 5.87. The number of hydrogen-bond donors (Lipinski definition) is 1. The largest absolute Gasteiger partial charge is 0.389 e. The summed E-state index contributed by atoms with van der Waals surface area (Å²) in [5.41, 5.74) is 0.758. The first-order valence-electron chi connectivity index (χ1n) is 7.91. The Labute approximate surface area is 124 Å². The number of rotatable bonds is 4. The highest BCUT2D eigenvalue weighted by atomic mass is 16.3. The van der Waals surface area contributed by atoms with Crippen molar-refractivity contribution in [3.05, 3.63) is 35.9 Å². The molecule has 1 saturated carbocycles. The Morgan fingerprint density at radius 1 is 1.20 bits per heavy atom. The van der Waals surface area contributed by atoms with Crippen LogP contribution in [-0.4, -0.2) is 42.9 Å². The van der Waals surface area contributed by atoms with Crippen LogP contribution in [0.15, 0.2) is 30.3 Å². The summed E-state index contributed by atoms with van der Waals surface area (Å²) >= 11 is 0. The second-order valence-corrected chi connectivity index (χ2v) is 7.57. The summed E-state index contributed by atoms with van der Waals surface area (Å²) in [5.74, 6) is 0.604. The van der Waals surface area contributed by atoms with E-state index >= 15 is 0 Å². The molecule has 1 aromatic carbocycles. The normalized spacial score (nSPS) is 29.1. The summed E-state index contributed by atoms with van der Waals surface area (Å²) in [4.78, 5) is 0. The predicted molar refractivity (Wildman–Crippen MR) is 84.7 cm³/mol. The lowest BCUT2D eigenvalue weighted by Crippen LogP contribution is -2.51. The van der Waals surface area contributed by atoms with Gasteiger partial charge in [0.2, 0.25) is 0 Å². The molecule has 0 bridgehead atoms. The first kappa shape index (κ1) is 15.5. The molecule has 1 N–H and O–H groups in total. The van der Waals surface area contributed by atoms with Crippen LogP contribution in [0.2, 0.25) is 0 Å². The van der Waals surface area contributed by atoms with Gasteiger partial charge in [-0.3, -0.25) is 0 Å². The molecule has 2 heteroatoms. The Hall–Kier alpha value is -0.860. The lowest BCUT2D eigenvalue weighted by molar-refractivity contribution is -0.874. The van der Waals surface area contributed by atoms with Crippen molar-refractivity contribution in [1.29, 1.82) is 0 Å². The van der Waals surface area contributed by atoms with Crippen LogP contribution in [0.25, 0.3) is 0 Å². The van der Waals surface area contributed by atoms with E-state index in [4.69, 9.17) is 0 Å². The van der Waals surface area contributed by atoms with Crippen molar-refractivity contribution in [2.45, 2.75) is 44.1 Å². The molecule has 0 radical (unpaired) electrons. The molecule has 3 unspecified atom stereocenters. The van der Waals surface area contributed by atoms with E-state index in [2.05, 4.69) is 58.4 Å². The van der Waals surface area contributed by atoms with Crippen LogP contribution in [0.1, 0.15) is 44.1 Å². The third-order valence-corrected chi connectivity index (χ3v) is 4.80.